The Morgan fingerprint density at radius 1 is 1.67 bits per heavy atom. The molecule has 0 bridgehead atoms. The van der Waals surface area contributed by atoms with Crippen molar-refractivity contribution >= 4 is 12.1 Å². The van der Waals surface area contributed by atoms with E-state index in [2.05, 4.69) is 4.99 Å². The molecule has 1 N–H and O–H groups in total. The molecule has 2 nitrogen and oxygen atoms in total. The van der Waals surface area contributed by atoms with Gasteiger partial charge in [-0.25, -0.2) is 4.99 Å². The molecule has 0 saturated heterocycles. The van der Waals surface area contributed by atoms with Gasteiger partial charge in [-0.2, -0.15) is 0 Å². The fraction of sp³-hybridized carbons (Fsp3) is 0.714. The minimum absolute atomic E-state index is 0.257. The van der Waals surface area contributed by atoms with E-state index in [1.165, 1.54) is 0 Å². The average molecular weight is 126 g/mol. The Balaban J connectivity index is 3.63. The molecular formula is C7H14N2. The summed E-state index contributed by atoms with van der Waals surface area (Å²) >= 11 is 0. The van der Waals surface area contributed by atoms with E-state index in [-0.39, 0.29) is 5.92 Å². The van der Waals surface area contributed by atoms with Crippen molar-refractivity contribution in [2.75, 3.05) is 0 Å². The minimum atomic E-state index is 0.257. The van der Waals surface area contributed by atoms with Crippen LogP contribution >= 0.6 is 0 Å². The van der Waals surface area contributed by atoms with Crippen molar-refractivity contribution in [1.82, 2.24) is 0 Å². The third kappa shape index (κ3) is 3.88. The fourth-order valence-electron chi connectivity index (χ4n) is 0.339. The molecule has 0 aromatic heterocycles. The number of nitrogens with zero attached hydrogens (tertiary/aromatic N) is 1. The quantitative estimate of drug-likeness (QED) is 0.434. The lowest BCUT2D eigenvalue weighted by atomic mass is 10.2. The SMILES string of the molecule is CCC=NC(=N)C(C)C. The monoisotopic (exact) mass is 126 g/mol. The van der Waals surface area contributed by atoms with Crippen LogP contribution in [-0.2, 0) is 0 Å². The molecule has 0 heterocycles. The molecular weight excluding hydrogens is 112 g/mol. The highest BCUT2D eigenvalue weighted by Crippen LogP contribution is 1.94. The maximum Gasteiger partial charge on any atom is 0.122 e. The first-order valence-corrected chi connectivity index (χ1v) is 3.29. The largest absolute Gasteiger partial charge is 0.286 e. The van der Waals surface area contributed by atoms with Gasteiger partial charge < -0.3 is 0 Å². The van der Waals surface area contributed by atoms with Gasteiger partial charge in [-0.1, -0.05) is 20.8 Å². The summed E-state index contributed by atoms with van der Waals surface area (Å²) in [6.07, 6.45) is 2.68. The zero-order valence-electron chi connectivity index (χ0n) is 6.31. The van der Waals surface area contributed by atoms with Crippen LogP contribution in [0.25, 0.3) is 0 Å². The predicted octanol–water partition coefficient (Wildman–Crippen LogP) is 2.10. The second kappa shape index (κ2) is 4.24. The number of hydrogen-bond donors (Lipinski definition) is 1. The highest BCUT2D eigenvalue weighted by molar-refractivity contribution is 5.88. The third-order valence-corrected chi connectivity index (χ3v) is 0.960. The molecule has 0 fully saturated rings. The van der Waals surface area contributed by atoms with Crippen LogP contribution in [0.3, 0.4) is 0 Å². The Morgan fingerprint density at radius 3 is 2.56 bits per heavy atom. The molecule has 0 aliphatic heterocycles. The van der Waals surface area contributed by atoms with Crippen LogP contribution in [0.4, 0.5) is 0 Å². The summed E-state index contributed by atoms with van der Waals surface area (Å²) in [5, 5.41) is 7.25. The highest BCUT2D eigenvalue weighted by Gasteiger charge is 1.96. The number of hydrogen-bond acceptors (Lipinski definition) is 1. The molecule has 0 amide bonds. The molecule has 0 aromatic carbocycles. The minimum Gasteiger partial charge on any atom is -0.286 e. The van der Waals surface area contributed by atoms with E-state index in [1.54, 1.807) is 6.21 Å². The van der Waals surface area contributed by atoms with Gasteiger partial charge in [0.1, 0.15) is 5.84 Å². The first kappa shape index (κ1) is 8.34. The summed E-state index contributed by atoms with van der Waals surface area (Å²) in [5.41, 5.74) is 0. The Hall–Kier alpha value is -0.660. The summed E-state index contributed by atoms with van der Waals surface area (Å²) in [6.45, 7) is 5.95. The highest BCUT2D eigenvalue weighted by atomic mass is 14.8. The lowest BCUT2D eigenvalue weighted by Crippen LogP contribution is -2.01. The van der Waals surface area contributed by atoms with Crippen LogP contribution in [0.2, 0.25) is 0 Å². The Bertz CT molecular complexity index is 114. The zero-order chi connectivity index (χ0) is 7.28. The molecule has 0 atom stereocenters. The molecule has 0 aliphatic carbocycles. The molecule has 9 heavy (non-hydrogen) atoms. The second-order valence-corrected chi connectivity index (χ2v) is 2.26. The average Bonchev–Trinajstić information content (AvgIpc) is 1.82. The van der Waals surface area contributed by atoms with Gasteiger partial charge in [0.05, 0.1) is 0 Å². The van der Waals surface area contributed by atoms with E-state index in [4.69, 9.17) is 5.41 Å². The van der Waals surface area contributed by atoms with Crippen molar-refractivity contribution < 1.29 is 0 Å². The van der Waals surface area contributed by atoms with Gasteiger partial charge in [0.15, 0.2) is 0 Å². The smallest absolute Gasteiger partial charge is 0.122 e. The van der Waals surface area contributed by atoms with Gasteiger partial charge in [-0.15, -0.1) is 0 Å². The van der Waals surface area contributed by atoms with Gasteiger partial charge in [0, 0.05) is 12.1 Å². The summed E-state index contributed by atoms with van der Waals surface area (Å²) in [6, 6.07) is 0. The summed E-state index contributed by atoms with van der Waals surface area (Å²) in [5.74, 6) is 0.727. The standard InChI is InChI=1S/C7H14N2/c1-4-5-9-7(8)6(2)3/h5-6,8H,4H2,1-3H3. The summed E-state index contributed by atoms with van der Waals surface area (Å²) < 4.78 is 0. The van der Waals surface area contributed by atoms with Gasteiger partial charge in [-0.3, -0.25) is 5.41 Å². The first-order chi connectivity index (χ1) is 4.18. The van der Waals surface area contributed by atoms with E-state index >= 15 is 0 Å². The van der Waals surface area contributed by atoms with Crippen molar-refractivity contribution in [3.8, 4) is 0 Å². The van der Waals surface area contributed by atoms with Crippen LogP contribution in [-0.4, -0.2) is 12.1 Å². The van der Waals surface area contributed by atoms with Crippen molar-refractivity contribution in [2.24, 2.45) is 10.9 Å². The molecule has 0 aromatic rings. The number of rotatable bonds is 2. The second-order valence-electron chi connectivity index (χ2n) is 2.26. The van der Waals surface area contributed by atoms with Crippen molar-refractivity contribution in [3.05, 3.63) is 0 Å². The summed E-state index contributed by atoms with van der Waals surface area (Å²) in [7, 11) is 0. The van der Waals surface area contributed by atoms with Crippen LogP contribution < -0.4 is 0 Å². The molecule has 2 heteroatoms. The van der Waals surface area contributed by atoms with Crippen LogP contribution in [0.5, 0.6) is 0 Å². The molecule has 0 spiro atoms. The van der Waals surface area contributed by atoms with Crippen LogP contribution in [0.1, 0.15) is 27.2 Å². The van der Waals surface area contributed by atoms with Crippen molar-refractivity contribution in [2.45, 2.75) is 27.2 Å². The number of amidine groups is 1. The third-order valence-electron chi connectivity index (χ3n) is 0.960. The first-order valence-electron chi connectivity index (χ1n) is 3.29. The predicted molar refractivity (Wildman–Crippen MR) is 41.3 cm³/mol. The molecule has 0 radical (unpaired) electrons. The van der Waals surface area contributed by atoms with Gasteiger partial charge in [0.25, 0.3) is 0 Å². The van der Waals surface area contributed by atoms with E-state index in [0.717, 1.165) is 6.42 Å². The van der Waals surface area contributed by atoms with E-state index < -0.39 is 0 Å². The van der Waals surface area contributed by atoms with Gasteiger partial charge >= 0.3 is 0 Å². The van der Waals surface area contributed by atoms with E-state index in [9.17, 15) is 0 Å². The number of nitrogens with one attached hydrogen (secondary N) is 1. The summed E-state index contributed by atoms with van der Waals surface area (Å²) in [4.78, 5) is 3.90. The Morgan fingerprint density at radius 2 is 2.22 bits per heavy atom. The van der Waals surface area contributed by atoms with Gasteiger partial charge in [-0.05, 0) is 6.42 Å². The van der Waals surface area contributed by atoms with E-state index in [1.807, 2.05) is 20.8 Å². The Kier molecular flexibility index (Phi) is 3.93. The molecule has 0 unspecified atom stereocenters. The Labute approximate surface area is 56.5 Å². The topological polar surface area (TPSA) is 36.2 Å². The lowest BCUT2D eigenvalue weighted by molar-refractivity contribution is 0.865. The molecule has 0 saturated carbocycles. The van der Waals surface area contributed by atoms with Crippen LogP contribution in [0, 0.1) is 11.3 Å². The lowest BCUT2D eigenvalue weighted by Gasteiger charge is -1.97. The van der Waals surface area contributed by atoms with Gasteiger partial charge in [0.2, 0.25) is 0 Å². The fourth-order valence-corrected chi connectivity index (χ4v) is 0.339. The normalized spacial score (nSPS) is 11.1. The van der Waals surface area contributed by atoms with Crippen molar-refractivity contribution in [3.63, 3.8) is 0 Å². The van der Waals surface area contributed by atoms with Crippen LogP contribution in [0.15, 0.2) is 4.99 Å². The maximum atomic E-state index is 7.25. The zero-order valence-corrected chi connectivity index (χ0v) is 6.31. The van der Waals surface area contributed by atoms with E-state index in [0.29, 0.717) is 5.84 Å². The molecule has 0 aliphatic rings. The molecule has 52 valence electrons. The maximum absolute atomic E-state index is 7.25. The number of aliphatic imine (C=N–C) groups is 1. The molecule has 0 rings (SSSR count). The van der Waals surface area contributed by atoms with Crippen molar-refractivity contribution in [1.29, 1.82) is 5.41 Å².